The minimum atomic E-state index is -3.86. The third-order valence-electron chi connectivity index (χ3n) is 3.68. The highest BCUT2D eigenvalue weighted by Crippen LogP contribution is 2.28. The summed E-state index contributed by atoms with van der Waals surface area (Å²) in [7, 11) is -2.39. The highest BCUT2D eigenvalue weighted by Gasteiger charge is 2.18. The lowest BCUT2D eigenvalue weighted by Crippen LogP contribution is -2.27. The van der Waals surface area contributed by atoms with Crippen molar-refractivity contribution in [3.8, 4) is 5.75 Å². The largest absolute Gasteiger partial charge is 0.495 e. The molecule has 0 bridgehead atoms. The van der Waals surface area contributed by atoms with E-state index in [9.17, 15) is 13.2 Å². The van der Waals surface area contributed by atoms with Crippen molar-refractivity contribution in [2.75, 3.05) is 18.4 Å². The molecule has 0 atom stereocenters. The molecule has 0 aliphatic rings. The van der Waals surface area contributed by atoms with E-state index >= 15 is 0 Å². The molecule has 0 saturated carbocycles. The van der Waals surface area contributed by atoms with Gasteiger partial charge in [-0.15, -0.1) is 0 Å². The van der Waals surface area contributed by atoms with Crippen LogP contribution >= 0.6 is 0 Å². The number of benzene rings is 2. The standard InChI is InChI=1S/C19H24N2O4S/c1-13(2)12-20-19(22)15-6-5-7-16(11-15)26(23,24)21-17-10-14(3)8-9-18(17)25-4/h5-11,13,21H,12H2,1-4H3,(H,20,22). The Morgan fingerprint density at radius 1 is 1.15 bits per heavy atom. The van der Waals surface area contributed by atoms with Gasteiger partial charge in [0.15, 0.2) is 0 Å². The van der Waals surface area contributed by atoms with Crippen LogP contribution in [0.2, 0.25) is 0 Å². The van der Waals surface area contributed by atoms with E-state index in [1.54, 1.807) is 24.3 Å². The maximum absolute atomic E-state index is 12.7. The van der Waals surface area contributed by atoms with Crippen molar-refractivity contribution < 1.29 is 17.9 Å². The number of rotatable bonds is 7. The Balaban J connectivity index is 2.28. The number of sulfonamides is 1. The molecule has 0 saturated heterocycles. The van der Waals surface area contributed by atoms with Gasteiger partial charge < -0.3 is 10.1 Å². The van der Waals surface area contributed by atoms with Gasteiger partial charge in [-0.1, -0.05) is 26.0 Å². The molecule has 7 heteroatoms. The molecule has 140 valence electrons. The zero-order valence-corrected chi connectivity index (χ0v) is 16.2. The van der Waals surface area contributed by atoms with Gasteiger partial charge in [-0.25, -0.2) is 8.42 Å². The van der Waals surface area contributed by atoms with Crippen LogP contribution < -0.4 is 14.8 Å². The summed E-state index contributed by atoms with van der Waals surface area (Å²) >= 11 is 0. The van der Waals surface area contributed by atoms with Crippen molar-refractivity contribution in [3.05, 3.63) is 53.6 Å². The molecule has 2 aromatic carbocycles. The van der Waals surface area contributed by atoms with Crippen LogP contribution in [-0.2, 0) is 10.0 Å². The van der Waals surface area contributed by atoms with Crippen LogP contribution in [-0.4, -0.2) is 28.0 Å². The normalized spacial score (nSPS) is 11.3. The highest BCUT2D eigenvalue weighted by molar-refractivity contribution is 7.92. The number of hydrogen-bond acceptors (Lipinski definition) is 4. The second-order valence-electron chi connectivity index (χ2n) is 6.44. The Kier molecular flexibility index (Phi) is 6.26. The van der Waals surface area contributed by atoms with E-state index in [-0.39, 0.29) is 10.8 Å². The number of ether oxygens (including phenoxy) is 1. The number of methoxy groups -OCH3 is 1. The van der Waals surface area contributed by atoms with Gasteiger partial charge >= 0.3 is 0 Å². The van der Waals surface area contributed by atoms with Crippen molar-refractivity contribution in [1.82, 2.24) is 5.32 Å². The molecule has 26 heavy (non-hydrogen) atoms. The Morgan fingerprint density at radius 3 is 2.54 bits per heavy atom. The highest BCUT2D eigenvalue weighted by atomic mass is 32.2. The fourth-order valence-electron chi connectivity index (χ4n) is 2.31. The fourth-order valence-corrected chi connectivity index (χ4v) is 3.42. The molecule has 0 radical (unpaired) electrons. The number of nitrogens with one attached hydrogen (secondary N) is 2. The summed E-state index contributed by atoms with van der Waals surface area (Å²) in [5.74, 6) is 0.426. The molecule has 2 rings (SSSR count). The van der Waals surface area contributed by atoms with Crippen LogP contribution in [0.5, 0.6) is 5.75 Å². The molecule has 0 heterocycles. The van der Waals surface area contributed by atoms with Crippen LogP contribution in [0.3, 0.4) is 0 Å². The molecule has 2 N–H and O–H groups in total. The van der Waals surface area contributed by atoms with Crippen molar-refractivity contribution in [2.45, 2.75) is 25.7 Å². The number of aryl methyl sites for hydroxylation is 1. The average molecular weight is 376 g/mol. The first kappa shape index (κ1) is 19.8. The van der Waals surface area contributed by atoms with E-state index in [1.165, 1.54) is 19.2 Å². The van der Waals surface area contributed by atoms with Crippen LogP contribution in [0.1, 0.15) is 29.8 Å². The van der Waals surface area contributed by atoms with Gasteiger partial charge in [0, 0.05) is 12.1 Å². The van der Waals surface area contributed by atoms with Crippen LogP contribution in [0.15, 0.2) is 47.4 Å². The quantitative estimate of drug-likeness (QED) is 0.777. The zero-order valence-electron chi connectivity index (χ0n) is 15.4. The summed E-state index contributed by atoms with van der Waals surface area (Å²) in [6.07, 6.45) is 0. The van der Waals surface area contributed by atoms with E-state index in [4.69, 9.17) is 4.74 Å². The second kappa shape index (κ2) is 8.23. The smallest absolute Gasteiger partial charge is 0.262 e. The van der Waals surface area contributed by atoms with Crippen LogP contribution in [0, 0.1) is 12.8 Å². The average Bonchev–Trinajstić information content (AvgIpc) is 2.59. The summed E-state index contributed by atoms with van der Waals surface area (Å²) in [4.78, 5) is 12.2. The van der Waals surface area contributed by atoms with Crippen LogP contribution in [0.4, 0.5) is 5.69 Å². The Morgan fingerprint density at radius 2 is 1.88 bits per heavy atom. The first-order valence-corrected chi connectivity index (χ1v) is 9.77. The third-order valence-corrected chi connectivity index (χ3v) is 5.04. The lowest BCUT2D eigenvalue weighted by molar-refractivity contribution is 0.0949. The van der Waals surface area contributed by atoms with Crippen molar-refractivity contribution >= 4 is 21.6 Å². The van der Waals surface area contributed by atoms with Gasteiger partial charge in [0.2, 0.25) is 0 Å². The Labute approximate surface area is 154 Å². The lowest BCUT2D eigenvalue weighted by Gasteiger charge is -2.13. The molecule has 0 spiro atoms. The topological polar surface area (TPSA) is 84.5 Å². The van der Waals surface area contributed by atoms with Crippen LogP contribution in [0.25, 0.3) is 0 Å². The van der Waals surface area contributed by atoms with E-state index in [0.717, 1.165) is 5.56 Å². The molecule has 0 aliphatic carbocycles. The summed E-state index contributed by atoms with van der Waals surface area (Å²) in [5.41, 5.74) is 1.54. The van der Waals surface area contributed by atoms with Gasteiger partial charge in [0.1, 0.15) is 5.75 Å². The molecule has 1 amide bonds. The van der Waals surface area contributed by atoms with Gasteiger partial charge in [-0.3, -0.25) is 9.52 Å². The van der Waals surface area contributed by atoms with Gasteiger partial charge in [-0.2, -0.15) is 0 Å². The van der Waals surface area contributed by atoms with E-state index in [2.05, 4.69) is 10.0 Å². The first-order chi connectivity index (χ1) is 12.2. The predicted molar refractivity (Wildman–Crippen MR) is 102 cm³/mol. The summed E-state index contributed by atoms with van der Waals surface area (Å²) in [6, 6.07) is 11.2. The van der Waals surface area contributed by atoms with E-state index in [1.807, 2.05) is 26.8 Å². The Bertz CT molecular complexity index is 892. The SMILES string of the molecule is COc1ccc(C)cc1NS(=O)(=O)c1cccc(C(=O)NCC(C)C)c1. The van der Waals surface area contributed by atoms with E-state index in [0.29, 0.717) is 29.5 Å². The predicted octanol–water partition coefficient (Wildman–Crippen LogP) is 3.19. The van der Waals surface area contributed by atoms with Gasteiger partial charge in [0.25, 0.3) is 15.9 Å². The number of hydrogen-bond donors (Lipinski definition) is 2. The number of carbonyl (C=O) groups excluding carboxylic acids is 1. The molecular formula is C19H24N2O4S. The minimum absolute atomic E-state index is 0.0123. The summed E-state index contributed by atoms with van der Waals surface area (Å²) < 4.78 is 33.2. The Hall–Kier alpha value is -2.54. The molecule has 0 aliphatic heterocycles. The second-order valence-corrected chi connectivity index (χ2v) is 8.12. The first-order valence-electron chi connectivity index (χ1n) is 8.28. The summed E-state index contributed by atoms with van der Waals surface area (Å²) in [5, 5.41) is 2.78. The van der Waals surface area contributed by atoms with Crippen molar-refractivity contribution in [2.24, 2.45) is 5.92 Å². The number of carbonyl (C=O) groups is 1. The van der Waals surface area contributed by atoms with Gasteiger partial charge in [-0.05, 0) is 48.7 Å². The summed E-state index contributed by atoms with van der Waals surface area (Å²) in [6.45, 7) is 6.35. The zero-order chi connectivity index (χ0) is 19.3. The minimum Gasteiger partial charge on any atom is -0.495 e. The molecule has 0 fully saturated rings. The molecule has 2 aromatic rings. The monoisotopic (exact) mass is 376 g/mol. The van der Waals surface area contributed by atoms with E-state index < -0.39 is 10.0 Å². The fraction of sp³-hybridized carbons (Fsp3) is 0.316. The molecule has 0 unspecified atom stereocenters. The lowest BCUT2D eigenvalue weighted by atomic mass is 10.2. The van der Waals surface area contributed by atoms with Crippen molar-refractivity contribution in [3.63, 3.8) is 0 Å². The van der Waals surface area contributed by atoms with Crippen molar-refractivity contribution in [1.29, 1.82) is 0 Å². The third kappa shape index (κ3) is 4.98. The molecular weight excluding hydrogens is 352 g/mol. The maximum atomic E-state index is 12.7. The maximum Gasteiger partial charge on any atom is 0.262 e. The number of anilines is 1. The molecule has 6 nitrogen and oxygen atoms in total. The number of amides is 1. The van der Waals surface area contributed by atoms with Gasteiger partial charge in [0.05, 0.1) is 17.7 Å². The molecule has 0 aromatic heterocycles.